The van der Waals surface area contributed by atoms with Crippen LogP contribution in [0.2, 0.25) is 0 Å². The van der Waals surface area contributed by atoms with E-state index in [2.05, 4.69) is 0 Å². The van der Waals surface area contributed by atoms with Crippen LogP contribution in [0.4, 0.5) is 0 Å². The monoisotopic (exact) mass is 279 g/mol. The molecule has 0 radical (unpaired) electrons. The third-order valence-corrected chi connectivity index (χ3v) is 3.19. The van der Waals surface area contributed by atoms with Crippen molar-refractivity contribution >= 4 is 11.3 Å². The molecule has 1 rings (SSSR count). The summed E-state index contributed by atoms with van der Waals surface area (Å²) in [4.78, 5) is 2.30. The maximum atomic E-state index is 11.7. The molecule has 0 spiro atoms. The largest absolute Gasteiger partial charge is 1.00 e. The Morgan fingerprint density at radius 1 is 1.53 bits per heavy atom. The first-order valence-electron chi connectivity index (χ1n) is 5.22. The quantitative estimate of drug-likeness (QED) is 0.493. The molecule has 0 saturated carbocycles. The summed E-state index contributed by atoms with van der Waals surface area (Å²) in [6, 6.07) is 4.01. The minimum atomic E-state index is 0. The number of hydroxylamine groups is 2. The van der Waals surface area contributed by atoms with Gasteiger partial charge in [-0.2, -0.15) is 0 Å². The smallest absolute Gasteiger partial charge is 0.785 e. The Morgan fingerprint density at radius 2 is 2.24 bits per heavy atom. The molecule has 0 aromatic carbocycles. The Kier molecular flexibility index (Phi) is 10.1. The molecule has 0 fully saturated rings. The first-order chi connectivity index (χ1) is 7.65. The molecule has 6 heteroatoms. The number of hydrogen-bond donors (Lipinski definition) is 2. The van der Waals surface area contributed by atoms with E-state index < -0.39 is 0 Å². The molecule has 0 bridgehead atoms. The summed E-state index contributed by atoms with van der Waals surface area (Å²) in [5.41, 5.74) is 11.7. The molecule has 1 heterocycles. The zero-order valence-electron chi connectivity index (χ0n) is 10.5. The van der Waals surface area contributed by atoms with Crippen LogP contribution in [-0.2, 0) is 6.54 Å². The number of nitrogens with zero attached hydrogens (tertiary/aromatic N) is 1. The van der Waals surface area contributed by atoms with Crippen molar-refractivity contribution in [3.8, 4) is 0 Å². The molecule has 4 N–H and O–H groups in total. The van der Waals surface area contributed by atoms with Gasteiger partial charge >= 0.3 is 51.4 Å². The van der Waals surface area contributed by atoms with Gasteiger partial charge < -0.3 is 21.7 Å². The van der Waals surface area contributed by atoms with E-state index in [-0.39, 0.29) is 51.4 Å². The van der Waals surface area contributed by atoms with E-state index in [0.29, 0.717) is 26.1 Å². The molecule has 90 valence electrons. The number of rotatable bonds is 6. The van der Waals surface area contributed by atoms with Crippen LogP contribution in [0, 0.1) is 12.1 Å². The second-order valence-corrected chi connectivity index (χ2v) is 5.05. The van der Waals surface area contributed by atoms with Gasteiger partial charge in [-0.1, -0.05) is 0 Å². The Morgan fingerprint density at radius 3 is 2.71 bits per heavy atom. The zero-order valence-corrected chi connectivity index (χ0v) is 14.4. The molecule has 0 atom stereocenters. The van der Waals surface area contributed by atoms with Crippen molar-refractivity contribution in [2.24, 2.45) is 11.5 Å². The van der Waals surface area contributed by atoms with Gasteiger partial charge in [-0.3, -0.25) is 0 Å². The van der Waals surface area contributed by atoms with Crippen molar-refractivity contribution in [2.75, 3.05) is 13.1 Å². The van der Waals surface area contributed by atoms with Gasteiger partial charge in [-0.05, 0) is 43.8 Å². The molecule has 17 heavy (non-hydrogen) atoms. The van der Waals surface area contributed by atoms with Crippen LogP contribution in [0.15, 0.2) is 23.9 Å². The zero-order chi connectivity index (χ0) is 12.0. The Hall–Kier alpha value is 0.756. The van der Waals surface area contributed by atoms with E-state index >= 15 is 0 Å². The topological polar surface area (TPSA) is 78.3 Å². The third-order valence-electron chi connectivity index (χ3n) is 2.21. The minimum absolute atomic E-state index is 0. The van der Waals surface area contributed by atoms with Crippen LogP contribution in [0.25, 0.3) is 0 Å². The van der Waals surface area contributed by atoms with Gasteiger partial charge in [0.05, 0.1) is 0 Å². The summed E-state index contributed by atoms with van der Waals surface area (Å²) in [6.45, 7) is 3.31. The van der Waals surface area contributed by atoms with Gasteiger partial charge in [0.15, 0.2) is 0 Å². The van der Waals surface area contributed by atoms with Crippen molar-refractivity contribution in [3.63, 3.8) is 0 Å². The summed E-state index contributed by atoms with van der Waals surface area (Å²) in [7, 11) is 0. The maximum Gasteiger partial charge on any atom is 1.00 e. The summed E-state index contributed by atoms with van der Waals surface area (Å²) >= 11 is 1.65. The first-order valence-corrected chi connectivity index (χ1v) is 6.04. The first kappa shape index (κ1) is 17.8. The third kappa shape index (κ3) is 7.05. The van der Waals surface area contributed by atoms with Crippen molar-refractivity contribution in [1.29, 1.82) is 0 Å². The molecule has 0 aliphatic rings. The van der Waals surface area contributed by atoms with Crippen LogP contribution < -0.4 is 62.9 Å². The predicted octanol–water partition coefficient (Wildman–Crippen LogP) is -1.45. The van der Waals surface area contributed by atoms with Crippen LogP contribution in [0.3, 0.4) is 0 Å². The molecular weight excluding hydrogens is 261 g/mol. The van der Waals surface area contributed by atoms with E-state index in [4.69, 9.17) is 11.5 Å². The summed E-state index contributed by atoms with van der Waals surface area (Å²) in [5, 5.41) is 12.7. The fourth-order valence-electron chi connectivity index (χ4n) is 1.43. The molecule has 0 saturated heterocycles. The second-order valence-electron chi connectivity index (χ2n) is 3.67. The van der Waals surface area contributed by atoms with E-state index in [1.807, 2.05) is 19.1 Å². The van der Waals surface area contributed by atoms with Gasteiger partial charge in [0.25, 0.3) is 0 Å². The molecule has 1 aromatic heterocycles. The SMILES string of the molecule is Cc1ccc(CN([O-])C/C(=C/N)CCN)s1.[K+]. The van der Waals surface area contributed by atoms with Crippen LogP contribution in [0.5, 0.6) is 0 Å². The van der Waals surface area contributed by atoms with Gasteiger partial charge in [0, 0.05) is 22.8 Å². The van der Waals surface area contributed by atoms with Crippen molar-refractivity contribution in [3.05, 3.63) is 38.9 Å². The molecule has 0 amide bonds. The Bertz CT molecular complexity index is 354. The summed E-state index contributed by atoms with van der Waals surface area (Å²) in [6.07, 6.45) is 2.16. The van der Waals surface area contributed by atoms with E-state index in [1.165, 1.54) is 11.1 Å². The van der Waals surface area contributed by atoms with E-state index in [1.54, 1.807) is 11.3 Å². The maximum absolute atomic E-state index is 11.7. The standard InChI is InChI=1S/C11H18N3OS.K/c1-9-2-3-11(16-9)8-14(15)7-10(6-13)4-5-12;/h2-3,6H,4-5,7-8,12-13H2,1H3;/q-1;+1/b10-6+;. The number of hydrogen-bond acceptors (Lipinski definition) is 5. The van der Waals surface area contributed by atoms with Crippen molar-refractivity contribution in [2.45, 2.75) is 19.9 Å². The minimum Gasteiger partial charge on any atom is -0.785 e. The normalized spacial score (nSPS) is 11.6. The van der Waals surface area contributed by atoms with Gasteiger partial charge in [0.1, 0.15) is 0 Å². The predicted molar refractivity (Wildman–Crippen MR) is 68.8 cm³/mol. The molecule has 0 aliphatic carbocycles. The molecule has 0 unspecified atom stereocenters. The molecule has 0 aliphatic heterocycles. The van der Waals surface area contributed by atoms with Crippen LogP contribution >= 0.6 is 11.3 Å². The van der Waals surface area contributed by atoms with Crippen molar-refractivity contribution < 1.29 is 51.4 Å². The van der Waals surface area contributed by atoms with Gasteiger partial charge in [-0.15, -0.1) is 11.3 Å². The Labute approximate surface area is 149 Å². The number of aryl methyl sites for hydroxylation is 1. The average molecular weight is 279 g/mol. The molecule has 1 aromatic rings. The van der Waals surface area contributed by atoms with Gasteiger partial charge in [0.2, 0.25) is 0 Å². The second kappa shape index (κ2) is 9.66. The molecular formula is C11H18KN3OS. The summed E-state index contributed by atoms with van der Waals surface area (Å²) in [5.74, 6) is 0. The molecule has 4 nitrogen and oxygen atoms in total. The van der Waals surface area contributed by atoms with Crippen molar-refractivity contribution in [1.82, 2.24) is 5.06 Å². The summed E-state index contributed by atoms with van der Waals surface area (Å²) < 4.78 is 0. The van der Waals surface area contributed by atoms with E-state index in [0.717, 1.165) is 15.5 Å². The average Bonchev–Trinajstić information content (AvgIpc) is 2.63. The van der Waals surface area contributed by atoms with Crippen LogP contribution in [-0.4, -0.2) is 18.2 Å². The van der Waals surface area contributed by atoms with Crippen LogP contribution in [0.1, 0.15) is 16.2 Å². The number of nitrogens with two attached hydrogens (primary N) is 2. The van der Waals surface area contributed by atoms with E-state index in [9.17, 15) is 5.21 Å². The van der Waals surface area contributed by atoms with Gasteiger partial charge in [-0.25, -0.2) is 0 Å². The fraction of sp³-hybridized carbons (Fsp3) is 0.455. The number of thiophene rings is 1. The Balaban J connectivity index is 0.00000256. The fourth-order valence-corrected chi connectivity index (χ4v) is 2.32.